The topological polar surface area (TPSA) is 83.6 Å². The van der Waals surface area contributed by atoms with Crippen molar-refractivity contribution in [1.82, 2.24) is 4.98 Å². The summed E-state index contributed by atoms with van der Waals surface area (Å²) in [5, 5.41) is 15.3. The number of Topliss-reactive ketones (excluding diaryl/α,β-unsaturated/α-hetero) is 1. The van der Waals surface area contributed by atoms with E-state index in [1.54, 1.807) is 26.0 Å². The van der Waals surface area contributed by atoms with Crippen LogP contribution in [0.3, 0.4) is 0 Å². The van der Waals surface area contributed by atoms with Crippen molar-refractivity contribution in [1.29, 1.82) is 0 Å². The molecule has 0 fully saturated rings. The lowest BCUT2D eigenvalue weighted by Gasteiger charge is -2.23. The number of halogens is 1. The molecule has 1 amide bonds. The summed E-state index contributed by atoms with van der Waals surface area (Å²) in [4.78, 5) is 32.6. The Kier molecular flexibility index (Phi) is 4.73. The molecule has 9 heteroatoms. The quantitative estimate of drug-likeness (QED) is 0.369. The van der Waals surface area contributed by atoms with Crippen LogP contribution < -0.4 is 4.90 Å². The smallest absolute Gasteiger partial charge is 0.296 e. The van der Waals surface area contributed by atoms with Crippen molar-refractivity contribution in [2.45, 2.75) is 19.9 Å². The number of aliphatic hydroxyl groups excluding tert-OH is 1. The van der Waals surface area contributed by atoms with E-state index in [0.29, 0.717) is 38.3 Å². The maximum atomic E-state index is 13.5. The first-order chi connectivity index (χ1) is 14.9. The number of rotatable bonds is 4. The van der Waals surface area contributed by atoms with Crippen molar-refractivity contribution in [3.05, 3.63) is 80.1 Å². The monoisotopic (exact) mass is 470 g/mol. The minimum absolute atomic E-state index is 0.0117. The molecular formula is C22H15ClN2O4S2. The highest BCUT2D eigenvalue weighted by atomic mass is 35.5. The Morgan fingerprint density at radius 3 is 2.74 bits per heavy atom. The number of aliphatic hydroxyl groups is 1. The molecule has 1 aliphatic rings. The number of thiophene rings is 1. The van der Waals surface area contributed by atoms with Crippen LogP contribution in [0.15, 0.2) is 56.8 Å². The van der Waals surface area contributed by atoms with Gasteiger partial charge < -0.3 is 9.52 Å². The molecule has 0 aliphatic carbocycles. The number of fused-ring (bicyclic) bond motifs is 1. The van der Waals surface area contributed by atoms with Crippen molar-refractivity contribution >= 4 is 61.3 Å². The number of benzene rings is 1. The Bertz CT molecular complexity index is 1380. The number of furan rings is 1. The predicted molar refractivity (Wildman–Crippen MR) is 121 cm³/mol. The zero-order valence-electron chi connectivity index (χ0n) is 16.4. The van der Waals surface area contributed by atoms with Crippen molar-refractivity contribution < 1.29 is 19.1 Å². The summed E-state index contributed by atoms with van der Waals surface area (Å²) in [6, 6.07) is 8.04. The van der Waals surface area contributed by atoms with Gasteiger partial charge in [-0.3, -0.25) is 14.5 Å². The SMILES string of the molecule is Cc1cc(C(=O)C2=C(O)C(=O)N(c3nc4c(Cl)cccc4s3)C2c2ccsc2)c(C)o1. The van der Waals surface area contributed by atoms with E-state index in [0.717, 1.165) is 4.70 Å². The van der Waals surface area contributed by atoms with Gasteiger partial charge in [0.2, 0.25) is 0 Å². The van der Waals surface area contributed by atoms with Crippen LogP contribution >= 0.6 is 34.3 Å². The lowest BCUT2D eigenvalue weighted by atomic mass is 9.94. The summed E-state index contributed by atoms with van der Waals surface area (Å²) in [5.74, 6) is -0.685. The number of aromatic nitrogens is 1. The molecule has 0 radical (unpaired) electrons. The minimum atomic E-state index is -0.805. The molecule has 156 valence electrons. The standard InChI is InChI=1S/C22H15ClN2O4S2/c1-10-8-13(11(2)29-10)19(26)16-18(12-6-7-30-9-12)25(21(28)20(16)27)22-24-17-14(23)4-3-5-15(17)31-22/h3-9,18,27H,1-2H3. The number of carbonyl (C=O) groups excluding carboxylic acids is 2. The molecule has 3 aromatic heterocycles. The van der Waals surface area contributed by atoms with Crippen LogP contribution in [0.25, 0.3) is 10.2 Å². The van der Waals surface area contributed by atoms with Gasteiger partial charge in [0, 0.05) is 0 Å². The number of amides is 1. The summed E-state index contributed by atoms with van der Waals surface area (Å²) >= 11 is 8.99. The lowest BCUT2D eigenvalue weighted by Crippen LogP contribution is -2.30. The number of ketones is 1. The summed E-state index contributed by atoms with van der Waals surface area (Å²) in [6.45, 7) is 3.42. The summed E-state index contributed by atoms with van der Waals surface area (Å²) in [6.07, 6.45) is 0. The van der Waals surface area contributed by atoms with E-state index in [1.165, 1.54) is 27.6 Å². The lowest BCUT2D eigenvalue weighted by molar-refractivity contribution is -0.117. The fraction of sp³-hybridized carbons (Fsp3) is 0.136. The second-order valence-corrected chi connectivity index (χ2v) is 9.33. The van der Waals surface area contributed by atoms with Crippen molar-refractivity contribution in [3.8, 4) is 0 Å². The molecule has 1 aromatic carbocycles. The van der Waals surface area contributed by atoms with Crippen molar-refractivity contribution in [3.63, 3.8) is 0 Å². The molecule has 4 aromatic rings. The fourth-order valence-corrected chi connectivity index (χ4v) is 5.76. The van der Waals surface area contributed by atoms with Crippen LogP contribution in [0, 0.1) is 13.8 Å². The molecule has 1 N–H and O–H groups in total. The van der Waals surface area contributed by atoms with Gasteiger partial charge in [-0.05, 0) is 54.4 Å². The van der Waals surface area contributed by atoms with E-state index in [2.05, 4.69) is 4.98 Å². The van der Waals surface area contributed by atoms with Crippen molar-refractivity contribution in [2.24, 2.45) is 0 Å². The van der Waals surface area contributed by atoms with Gasteiger partial charge >= 0.3 is 0 Å². The average molecular weight is 471 g/mol. The van der Waals surface area contributed by atoms with Crippen molar-refractivity contribution in [2.75, 3.05) is 4.90 Å². The number of hydrogen-bond acceptors (Lipinski definition) is 7. The van der Waals surface area contributed by atoms with E-state index in [9.17, 15) is 14.7 Å². The molecule has 31 heavy (non-hydrogen) atoms. The highest BCUT2D eigenvalue weighted by Crippen LogP contribution is 2.45. The van der Waals surface area contributed by atoms with E-state index in [1.807, 2.05) is 29.0 Å². The Morgan fingerprint density at radius 1 is 1.29 bits per heavy atom. The largest absolute Gasteiger partial charge is 0.503 e. The summed E-state index contributed by atoms with van der Waals surface area (Å²) in [5.41, 5.74) is 1.62. The molecule has 0 saturated carbocycles. The first kappa shape index (κ1) is 20.0. The molecule has 0 saturated heterocycles. The van der Waals surface area contributed by atoms with Crippen LogP contribution in [0.2, 0.25) is 5.02 Å². The van der Waals surface area contributed by atoms with Crippen LogP contribution in [0.5, 0.6) is 0 Å². The number of nitrogens with zero attached hydrogens (tertiary/aromatic N) is 2. The van der Waals surface area contributed by atoms with Gasteiger partial charge in [0.25, 0.3) is 5.91 Å². The third-order valence-corrected chi connectivity index (χ3v) is 7.19. The third kappa shape index (κ3) is 3.10. The molecule has 1 aliphatic heterocycles. The van der Waals surface area contributed by atoms with Crippen LogP contribution in [-0.4, -0.2) is 21.8 Å². The molecule has 1 unspecified atom stereocenters. The van der Waals surface area contributed by atoms with Crippen LogP contribution in [-0.2, 0) is 4.79 Å². The zero-order chi connectivity index (χ0) is 21.9. The Morgan fingerprint density at radius 2 is 2.10 bits per heavy atom. The summed E-state index contributed by atoms with van der Waals surface area (Å²) < 4.78 is 6.31. The van der Waals surface area contributed by atoms with Gasteiger partial charge in [0.05, 0.1) is 26.9 Å². The normalized spacial score (nSPS) is 16.7. The second kappa shape index (κ2) is 7.33. The van der Waals surface area contributed by atoms with Crippen LogP contribution in [0.4, 0.5) is 5.13 Å². The molecule has 6 nitrogen and oxygen atoms in total. The third-order valence-electron chi connectivity index (χ3n) is 5.16. The van der Waals surface area contributed by atoms with Crippen LogP contribution in [0.1, 0.15) is 33.5 Å². The van der Waals surface area contributed by atoms with Gasteiger partial charge in [0.1, 0.15) is 17.0 Å². The number of anilines is 1. The molecule has 1 atom stereocenters. The first-order valence-electron chi connectivity index (χ1n) is 9.32. The van der Waals surface area contributed by atoms with Gasteiger partial charge in [0.15, 0.2) is 16.7 Å². The van der Waals surface area contributed by atoms with Gasteiger partial charge in [-0.2, -0.15) is 11.3 Å². The predicted octanol–water partition coefficient (Wildman–Crippen LogP) is 6.00. The Labute approximate surface area is 190 Å². The molecular weight excluding hydrogens is 456 g/mol. The zero-order valence-corrected chi connectivity index (χ0v) is 18.8. The highest BCUT2D eigenvalue weighted by Gasteiger charge is 2.46. The Balaban J connectivity index is 1.68. The molecule has 0 spiro atoms. The maximum Gasteiger partial charge on any atom is 0.296 e. The number of aryl methyl sites for hydroxylation is 2. The minimum Gasteiger partial charge on any atom is -0.503 e. The number of carbonyl (C=O) groups is 2. The molecule has 4 heterocycles. The fourth-order valence-electron chi connectivity index (χ4n) is 3.79. The molecule has 0 bridgehead atoms. The average Bonchev–Trinajstić information content (AvgIpc) is 3.49. The Hall–Kier alpha value is -2.94. The summed E-state index contributed by atoms with van der Waals surface area (Å²) in [7, 11) is 0. The first-order valence-corrected chi connectivity index (χ1v) is 11.5. The second-order valence-electron chi connectivity index (χ2n) is 7.14. The van der Waals surface area contributed by atoms with E-state index < -0.39 is 23.5 Å². The van der Waals surface area contributed by atoms with Gasteiger partial charge in [-0.15, -0.1) is 0 Å². The highest BCUT2D eigenvalue weighted by molar-refractivity contribution is 7.22. The molecule has 5 rings (SSSR count). The maximum absolute atomic E-state index is 13.5. The number of hydrogen-bond donors (Lipinski definition) is 1. The number of para-hydroxylation sites is 1. The van der Waals surface area contributed by atoms with Gasteiger partial charge in [-0.25, -0.2) is 4.98 Å². The van der Waals surface area contributed by atoms with E-state index >= 15 is 0 Å². The number of thiazole rings is 1. The van der Waals surface area contributed by atoms with Gasteiger partial charge in [-0.1, -0.05) is 29.0 Å². The van der Waals surface area contributed by atoms with E-state index in [-0.39, 0.29) is 5.57 Å². The van der Waals surface area contributed by atoms with E-state index in [4.69, 9.17) is 16.0 Å².